The predicted octanol–water partition coefficient (Wildman–Crippen LogP) is 8.74. The molecule has 15 nitrogen and oxygen atoms in total. The fourth-order valence-electron chi connectivity index (χ4n) is 10.1. The van der Waals surface area contributed by atoms with Crippen LogP contribution in [0, 0.1) is 12.8 Å². The van der Waals surface area contributed by atoms with E-state index in [4.69, 9.17) is 19.2 Å². The molecule has 0 aromatic heterocycles. The number of nitrogens with one attached hydrogen (secondary N) is 2. The molecular weight excluding hydrogens is 915 g/mol. The first-order valence-corrected chi connectivity index (χ1v) is 24.6. The van der Waals surface area contributed by atoms with Gasteiger partial charge in [0.25, 0.3) is 11.8 Å². The first kappa shape index (κ1) is 49.2. The maximum Gasteiger partial charge on any atom is 0.305 e. The maximum atomic E-state index is 14.1. The Balaban J connectivity index is 0.921. The zero-order chi connectivity index (χ0) is 50.6. The minimum Gasteiger partial charge on any atom is -0.493 e. The fraction of sp³-hybridized carbons (Fsp3) is 0.351. The smallest absolute Gasteiger partial charge is 0.305 e. The number of methoxy groups -OCH3 is 2. The number of nitrogens with zero attached hydrogens (tertiary/aromatic N) is 3. The molecule has 4 aliphatic heterocycles. The second-order valence-electron chi connectivity index (χ2n) is 19.1. The van der Waals surface area contributed by atoms with Crippen LogP contribution in [0.15, 0.2) is 96.0 Å². The van der Waals surface area contributed by atoms with E-state index in [1.807, 2.05) is 83.6 Å². The fourth-order valence-corrected chi connectivity index (χ4v) is 10.1. The number of anilines is 3. The first-order valence-electron chi connectivity index (χ1n) is 24.6. The molecule has 4 aliphatic rings. The van der Waals surface area contributed by atoms with Crippen LogP contribution in [0.2, 0.25) is 0 Å². The third kappa shape index (κ3) is 10.5. The summed E-state index contributed by atoms with van der Waals surface area (Å²) < 4.78 is 23.4. The number of aliphatic imine (C=N–C) groups is 1. The van der Waals surface area contributed by atoms with Crippen LogP contribution in [0.4, 0.5) is 22.7 Å². The lowest BCUT2D eigenvalue weighted by Gasteiger charge is -2.23. The molecule has 0 saturated heterocycles. The number of aryl methyl sites for hydroxylation is 2. The number of carbonyl (C=O) groups excluding carboxylic acids is 6. The molecule has 0 radical (unpaired) electrons. The number of rotatable bonds is 18. The lowest BCUT2D eigenvalue weighted by Crippen LogP contribution is -2.39. The Bertz CT molecular complexity index is 3000. The van der Waals surface area contributed by atoms with Gasteiger partial charge < -0.3 is 34.5 Å². The number of fused-ring (bicyclic) bond motifs is 8. The van der Waals surface area contributed by atoms with E-state index >= 15 is 0 Å². The van der Waals surface area contributed by atoms with E-state index in [1.165, 1.54) is 12.7 Å². The van der Waals surface area contributed by atoms with Crippen molar-refractivity contribution in [2.75, 3.05) is 29.3 Å². The van der Waals surface area contributed by atoms with Crippen LogP contribution < -0.4 is 34.6 Å². The van der Waals surface area contributed by atoms with Gasteiger partial charge in [-0.2, -0.15) is 0 Å². The van der Waals surface area contributed by atoms with Gasteiger partial charge in [0.15, 0.2) is 17.3 Å². The Labute approximate surface area is 418 Å². The van der Waals surface area contributed by atoms with Crippen LogP contribution in [-0.2, 0) is 56.4 Å². The number of amides is 4. The summed E-state index contributed by atoms with van der Waals surface area (Å²) in [4.78, 5) is 87.6. The van der Waals surface area contributed by atoms with Gasteiger partial charge >= 0.3 is 5.97 Å². The molecule has 72 heavy (non-hydrogen) atoms. The second-order valence-corrected chi connectivity index (χ2v) is 19.1. The van der Waals surface area contributed by atoms with Crippen molar-refractivity contribution in [2.24, 2.45) is 10.9 Å². The van der Waals surface area contributed by atoms with Crippen molar-refractivity contribution in [1.82, 2.24) is 5.32 Å². The topological polar surface area (TPSA) is 182 Å². The van der Waals surface area contributed by atoms with E-state index in [0.29, 0.717) is 76.6 Å². The van der Waals surface area contributed by atoms with Crippen LogP contribution in [0.1, 0.15) is 106 Å². The molecule has 372 valence electrons. The SMILES string of the molecule is COC(=O)CCCCC(=O)N[C@@H](C)C(=O)C[C@@H](C)C(=O)Nc1cc(COc2cc3c(cc2C)C(=O)N2c4ccccc4C[C@H]2C=N3)cc(COc2cc3c(cc2OC)C(=O)N2c4ccccc4C[C@H]2CC3)c1. The quantitative estimate of drug-likeness (QED) is 0.0636. The third-order valence-electron chi connectivity index (χ3n) is 14.0. The Kier molecular flexibility index (Phi) is 14.5. The number of Topliss-reactive ketones (excluding diaryl/α,β-unsaturated/α-hetero) is 1. The largest absolute Gasteiger partial charge is 0.493 e. The van der Waals surface area contributed by atoms with E-state index in [-0.39, 0.29) is 74.0 Å². The summed E-state index contributed by atoms with van der Waals surface area (Å²) in [5.74, 6) is -0.883. The number of esters is 1. The highest BCUT2D eigenvalue weighted by Crippen LogP contribution is 2.42. The van der Waals surface area contributed by atoms with Crippen molar-refractivity contribution >= 4 is 64.3 Å². The monoisotopic (exact) mass is 973 g/mol. The van der Waals surface area contributed by atoms with Crippen LogP contribution in [0.25, 0.3) is 0 Å². The number of ether oxygens (including phenoxy) is 4. The zero-order valence-corrected chi connectivity index (χ0v) is 41.2. The molecule has 4 amide bonds. The first-order chi connectivity index (χ1) is 34.8. The van der Waals surface area contributed by atoms with E-state index in [1.54, 1.807) is 45.2 Å². The average molecular weight is 974 g/mol. The summed E-state index contributed by atoms with van der Waals surface area (Å²) in [6.45, 7) is 5.27. The van der Waals surface area contributed by atoms with Gasteiger partial charge in [-0.25, -0.2) is 0 Å². The molecule has 0 bridgehead atoms. The minimum atomic E-state index is -0.816. The van der Waals surface area contributed by atoms with Crippen molar-refractivity contribution in [3.05, 3.63) is 136 Å². The van der Waals surface area contributed by atoms with Crippen molar-refractivity contribution in [3.8, 4) is 17.2 Å². The summed E-state index contributed by atoms with van der Waals surface area (Å²) in [7, 11) is 2.86. The lowest BCUT2D eigenvalue weighted by molar-refractivity contribution is -0.140. The molecule has 0 aliphatic carbocycles. The highest BCUT2D eigenvalue weighted by molar-refractivity contribution is 6.15. The molecule has 0 saturated carbocycles. The minimum absolute atomic E-state index is 0.0587. The Morgan fingerprint density at radius 3 is 2.12 bits per heavy atom. The van der Waals surface area contributed by atoms with Gasteiger partial charge in [0, 0.05) is 72.5 Å². The molecule has 5 aromatic rings. The Morgan fingerprint density at radius 1 is 0.736 bits per heavy atom. The van der Waals surface area contributed by atoms with E-state index < -0.39 is 17.9 Å². The third-order valence-corrected chi connectivity index (χ3v) is 14.0. The highest BCUT2D eigenvalue weighted by Gasteiger charge is 2.38. The van der Waals surface area contributed by atoms with Gasteiger partial charge in [-0.05, 0) is 128 Å². The van der Waals surface area contributed by atoms with Gasteiger partial charge in [0.05, 0.1) is 37.6 Å². The van der Waals surface area contributed by atoms with E-state index in [9.17, 15) is 28.8 Å². The molecule has 9 rings (SSSR count). The van der Waals surface area contributed by atoms with Crippen LogP contribution in [0.5, 0.6) is 17.2 Å². The lowest BCUT2D eigenvalue weighted by atomic mass is 9.99. The zero-order valence-electron chi connectivity index (χ0n) is 41.2. The van der Waals surface area contributed by atoms with Gasteiger partial charge in [-0.3, -0.25) is 38.7 Å². The number of unbranched alkanes of at least 4 members (excludes halogenated alkanes) is 1. The van der Waals surface area contributed by atoms with Gasteiger partial charge in [-0.15, -0.1) is 0 Å². The van der Waals surface area contributed by atoms with Crippen molar-refractivity contribution < 1.29 is 47.7 Å². The van der Waals surface area contributed by atoms with Crippen molar-refractivity contribution in [3.63, 3.8) is 0 Å². The van der Waals surface area contributed by atoms with Crippen molar-refractivity contribution in [2.45, 2.75) is 110 Å². The molecule has 0 spiro atoms. The Morgan fingerprint density at radius 2 is 1.40 bits per heavy atom. The number of para-hydroxylation sites is 2. The number of hydrogen-bond donors (Lipinski definition) is 2. The second kappa shape index (κ2) is 21.3. The summed E-state index contributed by atoms with van der Waals surface area (Å²) in [5.41, 5.74) is 9.14. The van der Waals surface area contributed by atoms with Gasteiger partial charge in [0.2, 0.25) is 11.8 Å². The normalized spacial score (nSPS) is 16.9. The summed E-state index contributed by atoms with van der Waals surface area (Å²) in [6.07, 6.45) is 5.98. The van der Waals surface area contributed by atoms with E-state index in [2.05, 4.69) is 21.4 Å². The highest BCUT2D eigenvalue weighted by atomic mass is 16.5. The molecule has 0 fully saturated rings. The average Bonchev–Trinajstić information content (AvgIpc) is 3.87. The van der Waals surface area contributed by atoms with Gasteiger partial charge in [0.1, 0.15) is 19.0 Å². The maximum absolute atomic E-state index is 14.1. The molecule has 0 unspecified atom stereocenters. The molecule has 15 heteroatoms. The number of benzene rings is 5. The molecule has 4 heterocycles. The number of hydrogen-bond acceptors (Lipinski definition) is 11. The molecule has 5 aromatic carbocycles. The van der Waals surface area contributed by atoms with Gasteiger partial charge in [-0.1, -0.05) is 43.3 Å². The van der Waals surface area contributed by atoms with Crippen LogP contribution in [-0.4, -0.2) is 73.9 Å². The van der Waals surface area contributed by atoms with E-state index in [0.717, 1.165) is 40.9 Å². The molecule has 4 atom stereocenters. The summed E-state index contributed by atoms with van der Waals surface area (Å²) in [6, 6.07) is 27.8. The number of carbonyl (C=O) groups is 6. The predicted molar refractivity (Wildman–Crippen MR) is 273 cm³/mol. The van der Waals surface area contributed by atoms with Crippen LogP contribution in [0.3, 0.4) is 0 Å². The summed E-state index contributed by atoms with van der Waals surface area (Å²) >= 11 is 0. The summed E-state index contributed by atoms with van der Waals surface area (Å²) in [5, 5.41) is 5.70. The molecular formula is C57H59N5O10. The van der Waals surface area contributed by atoms with Crippen molar-refractivity contribution in [1.29, 1.82) is 0 Å². The Hall–Kier alpha value is -7.81. The molecule has 2 N–H and O–H groups in total. The number of ketones is 1. The van der Waals surface area contributed by atoms with Crippen LogP contribution >= 0.6 is 0 Å². The standard InChI is InChI=1S/C57H59N5O10/c1-33-20-45-46(58-30-43-26-40-13-7-9-15-48(40)62(43)57(45)68)29-50(33)71-31-36-22-37(24-41(23-36)60-55(66)34(2)21-49(63)35(3)59-53(64)16-10-11-17-54(65)70-5)32-72-52-27-38-18-19-42-25-39-12-6-8-14-47(39)61(42)56(67)44(38)28-51(52)69-4/h6-9,12-15,20,22-24,27-30,34-35,42-43H,10-11,16-19,21,25-26,31-32H2,1-5H3,(H,59,64)(H,60,66)/t34-,35+,42-,43+/m1/s1.